The number of pyridine rings is 1. The van der Waals surface area contributed by atoms with Crippen molar-refractivity contribution in [1.29, 1.82) is 0 Å². The molecule has 1 rings (SSSR count). The smallest absolute Gasteiger partial charge is 0.251 e. The summed E-state index contributed by atoms with van der Waals surface area (Å²) in [5.41, 5.74) is 6.02. The van der Waals surface area contributed by atoms with Crippen LogP contribution in [0.15, 0.2) is 12.1 Å². The van der Waals surface area contributed by atoms with Gasteiger partial charge in [0.1, 0.15) is 11.0 Å². The normalized spacial score (nSPS) is 12.2. The molecular weight excluding hydrogens is 262 g/mol. The van der Waals surface area contributed by atoms with Crippen molar-refractivity contribution in [3.63, 3.8) is 0 Å². The maximum absolute atomic E-state index is 12.0. The number of carbonyl (C=O) groups excluding carboxylic acids is 1. The molecule has 0 saturated heterocycles. The first kappa shape index (κ1) is 15.8. The van der Waals surface area contributed by atoms with Crippen molar-refractivity contribution < 1.29 is 4.79 Å². The molecule has 1 unspecified atom stereocenters. The fourth-order valence-corrected chi connectivity index (χ4v) is 2.12. The van der Waals surface area contributed by atoms with Gasteiger partial charge in [0.15, 0.2) is 0 Å². The number of halogens is 1. The Bertz CT molecular complexity index is 403. The first-order chi connectivity index (χ1) is 9.02. The van der Waals surface area contributed by atoms with E-state index in [1.807, 2.05) is 6.92 Å². The quantitative estimate of drug-likeness (QED) is 0.595. The van der Waals surface area contributed by atoms with Crippen LogP contribution in [-0.4, -0.2) is 16.9 Å². The van der Waals surface area contributed by atoms with E-state index in [1.54, 1.807) is 0 Å². The Morgan fingerprint density at radius 2 is 2.16 bits per heavy atom. The molecule has 0 fully saturated rings. The van der Waals surface area contributed by atoms with E-state index in [0.29, 0.717) is 5.56 Å². The number of nitrogens with zero attached hydrogens (tertiary/aromatic N) is 1. The van der Waals surface area contributed by atoms with Crippen molar-refractivity contribution in [3.8, 4) is 0 Å². The molecule has 0 bridgehead atoms. The molecule has 106 valence electrons. The monoisotopic (exact) mass is 283 g/mol. The van der Waals surface area contributed by atoms with Crippen molar-refractivity contribution in [2.75, 3.05) is 5.73 Å². The van der Waals surface area contributed by atoms with Crippen LogP contribution in [0.4, 0.5) is 5.82 Å². The number of nitrogens with two attached hydrogens (primary N) is 1. The van der Waals surface area contributed by atoms with Crippen LogP contribution in [-0.2, 0) is 0 Å². The lowest BCUT2D eigenvalue weighted by atomic mass is 10.1. The molecule has 4 nitrogen and oxygen atoms in total. The van der Waals surface area contributed by atoms with E-state index >= 15 is 0 Å². The summed E-state index contributed by atoms with van der Waals surface area (Å²) in [6, 6.07) is 3.21. The van der Waals surface area contributed by atoms with Gasteiger partial charge in [0.2, 0.25) is 0 Å². The lowest BCUT2D eigenvalue weighted by Crippen LogP contribution is -2.32. The van der Waals surface area contributed by atoms with Gasteiger partial charge in [0.25, 0.3) is 5.91 Å². The van der Waals surface area contributed by atoms with E-state index in [4.69, 9.17) is 17.3 Å². The van der Waals surface area contributed by atoms with Gasteiger partial charge >= 0.3 is 0 Å². The van der Waals surface area contributed by atoms with Crippen molar-refractivity contribution in [3.05, 3.63) is 22.8 Å². The van der Waals surface area contributed by atoms with Gasteiger partial charge in [-0.15, -0.1) is 0 Å². The zero-order valence-corrected chi connectivity index (χ0v) is 12.3. The average Bonchev–Trinajstić information content (AvgIpc) is 2.33. The minimum absolute atomic E-state index is 0.150. The highest BCUT2D eigenvalue weighted by Gasteiger charge is 2.11. The molecule has 0 aliphatic heterocycles. The Balaban J connectivity index is 2.45. The summed E-state index contributed by atoms with van der Waals surface area (Å²) in [5.74, 6) is 0.104. The highest BCUT2D eigenvalue weighted by molar-refractivity contribution is 6.29. The lowest BCUT2D eigenvalue weighted by Gasteiger charge is -2.14. The van der Waals surface area contributed by atoms with Crippen LogP contribution >= 0.6 is 11.6 Å². The fourth-order valence-electron chi connectivity index (χ4n) is 1.90. The SMILES string of the molecule is CCCCCCC(C)NC(=O)c1cc(N)nc(Cl)c1. The maximum atomic E-state index is 12.0. The second-order valence-electron chi connectivity index (χ2n) is 4.83. The third-order valence-electron chi connectivity index (χ3n) is 2.94. The summed E-state index contributed by atoms with van der Waals surface area (Å²) in [6.45, 7) is 4.19. The Kier molecular flexibility index (Phi) is 6.64. The zero-order chi connectivity index (χ0) is 14.3. The van der Waals surface area contributed by atoms with Crippen LogP contribution in [0.25, 0.3) is 0 Å². The number of nitrogen functional groups attached to an aromatic ring is 1. The minimum atomic E-state index is -0.154. The lowest BCUT2D eigenvalue weighted by molar-refractivity contribution is 0.0938. The van der Waals surface area contributed by atoms with Crippen LogP contribution in [0.1, 0.15) is 56.3 Å². The second kappa shape index (κ2) is 8.00. The third-order valence-corrected chi connectivity index (χ3v) is 3.14. The summed E-state index contributed by atoms with van der Waals surface area (Å²) in [6.07, 6.45) is 5.80. The third kappa shape index (κ3) is 5.92. The first-order valence-electron chi connectivity index (χ1n) is 6.77. The predicted molar refractivity (Wildman–Crippen MR) is 79.3 cm³/mol. The van der Waals surface area contributed by atoms with Crippen molar-refractivity contribution in [1.82, 2.24) is 10.3 Å². The Labute approximate surface area is 119 Å². The van der Waals surface area contributed by atoms with E-state index in [2.05, 4.69) is 17.2 Å². The number of nitrogens with one attached hydrogen (secondary N) is 1. The van der Waals surface area contributed by atoms with Crippen LogP contribution in [0.5, 0.6) is 0 Å². The molecule has 1 aromatic rings. The highest BCUT2D eigenvalue weighted by Crippen LogP contribution is 2.13. The standard InChI is InChI=1S/C14H22ClN3O/c1-3-4-5-6-7-10(2)17-14(19)11-8-12(15)18-13(16)9-11/h8-10H,3-7H2,1-2H3,(H2,16,18)(H,17,19). The zero-order valence-electron chi connectivity index (χ0n) is 11.6. The van der Waals surface area contributed by atoms with Gasteiger partial charge in [-0.05, 0) is 25.5 Å². The number of amides is 1. The molecule has 0 saturated carbocycles. The molecule has 0 aliphatic carbocycles. The van der Waals surface area contributed by atoms with E-state index in [0.717, 1.165) is 12.8 Å². The van der Waals surface area contributed by atoms with Crippen LogP contribution in [0, 0.1) is 0 Å². The summed E-state index contributed by atoms with van der Waals surface area (Å²) in [7, 11) is 0. The predicted octanol–water partition coefficient (Wildman–Crippen LogP) is 3.41. The Morgan fingerprint density at radius 1 is 1.42 bits per heavy atom. The summed E-state index contributed by atoms with van der Waals surface area (Å²) in [4.78, 5) is 15.8. The van der Waals surface area contributed by atoms with Gasteiger partial charge in [-0.3, -0.25) is 4.79 Å². The summed E-state index contributed by atoms with van der Waals surface area (Å²) >= 11 is 5.78. The topological polar surface area (TPSA) is 68.0 Å². The highest BCUT2D eigenvalue weighted by atomic mass is 35.5. The number of aromatic nitrogens is 1. The van der Waals surface area contributed by atoms with Crippen molar-refractivity contribution in [2.45, 2.75) is 52.0 Å². The number of rotatable bonds is 7. The molecule has 0 radical (unpaired) electrons. The number of carbonyl (C=O) groups is 1. The van der Waals surface area contributed by atoms with E-state index in [9.17, 15) is 4.79 Å². The minimum Gasteiger partial charge on any atom is -0.384 e. The van der Waals surface area contributed by atoms with Gasteiger partial charge < -0.3 is 11.1 Å². The molecule has 1 aromatic heterocycles. The van der Waals surface area contributed by atoms with Crippen LogP contribution in [0.2, 0.25) is 5.15 Å². The summed E-state index contributed by atoms with van der Waals surface area (Å²) < 4.78 is 0. The number of anilines is 1. The molecule has 0 spiro atoms. The molecule has 5 heteroatoms. The largest absolute Gasteiger partial charge is 0.384 e. The molecule has 0 aliphatic rings. The maximum Gasteiger partial charge on any atom is 0.251 e. The number of hydrogen-bond acceptors (Lipinski definition) is 3. The van der Waals surface area contributed by atoms with Gasteiger partial charge in [-0.25, -0.2) is 4.98 Å². The molecule has 3 N–H and O–H groups in total. The molecule has 19 heavy (non-hydrogen) atoms. The average molecular weight is 284 g/mol. The molecule has 0 aromatic carbocycles. The van der Waals surface area contributed by atoms with E-state index in [1.165, 1.54) is 31.4 Å². The number of unbranched alkanes of at least 4 members (excludes halogenated alkanes) is 3. The first-order valence-corrected chi connectivity index (χ1v) is 7.14. The van der Waals surface area contributed by atoms with Gasteiger partial charge in [-0.1, -0.05) is 44.2 Å². The van der Waals surface area contributed by atoms with Crippen LogP contribution < -0.4 is 11.1 Å². The fraction of sp³-hybridized carbons (Fsp3) is 0.571. The Hall–Kier alpha value is -1.29. The Morgan fingerprint density at radius 3 is 2.79 bits per heavy atom. The molecule has 1 heterocycles. The van der Waals surface area contributed by atoms with Crippen molar-refractivity contribution >= 4 is 23.3 Å². The van der Waals surface area contributed by atoms with E-state index in [-0.39, 0.29) is 22.9 Å². The van der Waals surface area contributed by atoms with E-state index < -0.39 is 0 Å². The van der Waals surface area contributed by atoms with Crippen molar-refractivity contribution in [2.24, 2.45) is 0 Å². The van der Waals surface area contributed by atoms with Gasteiger partial charge in [0, 0.05) is 11.6 Å². The molecular formula is C14H22ClN3O. The number of hydrogen-bond donors (Lipinski definition) is 2. The summed E-state index contributed by atoms with van der Waals surface area (Å²) in [5, 5.41) is 3.18. The van der Waals surface area contributed by atoms with Gasteiger partial charge in [-0.2, -0.15) is 0 Å². The molecule has 1 atom stereocenters. The van der Waals surface area contributed by atoms with Crippen LogP contribution in [0.3, 0.4) is 0 Å². The molecule has 1 amide bonds. The van der Waals surface area contributed by atoms with Gasteiger partial charge in [0.05, 0.1) is 0 Å². The second-order valence-corrected chi connectivity index (χ2v) is 5.21.